The van der Waals surface area contributed by atoms with Crippen molar-refractivity contribution in [1.29, 1.82) is 0 Å². The van der Waals surface area contributed by atoms with Crippen LogP contribution in [-0.2, 0) is 4.74 Å². The lowest BCUT2D eigenvalue weighted by Crippen LogP contribution is -2.41. The molecule has 0 atom stereocenters. The Labute approximate surface area is 105 Å². The second-order valence-electron chi connectivity index (χ2n) is 4.90. The topological polar surface area (TPSA) is 26.3 Å². The predicted octanol–water partition coefficient (Wildman–Crippen LogP) is 3.42. The first kappa shape index (κ1) is 13.1. The van der Waals surface area contributed by atoms with Crippen LogP contribution in [0.15, 0.2) is 12.1 Å². The number of methoxy groups -OCH3 is 1. The summed E-state index contributed by atoms with van der Waals surface area (Å²) in [6.07, 6.45) is 2.71. The Kier molecular flexibility index (Phi) is 3.48. The van der Waals surface area contributed by atoms with Gasteiger partial charge in [0.1, 0.15) is 0 Å². The fraction of sp³-hybridized carbons (Fsp3) is 0.500. The van der Waals surface area contributed by atoms with Gasteiger partial charge in [-0.3, -0.25) is 4.79 Å². The summed E-state index contributed by atoms with van der Waals surface area (Å²) in [5, 5.41) is 0. The summed E-state index contributed by atoms with van der Waals surface area (Å²) in [5.74, 6) is -2.39. The first-order valence-corrected chi connectivity index (χ1v) is 6.02. The van der Waals surface area contributed by atoms with Crippen LogP contribution in [0.4, 0.5) is 8.78 Å². The molecule has 0 aromatic heterocycles. The van der Waals surface area contributed by atoms with Gasteiger partial charge in [-0.2, -0.15) is 0 Å². The molecule has 0 unspecified atom stereocenters. The highest BCUT2D eigenvalue weighted by Gasteiger charge is 2.39. The number of carbonyl (C=O) groups is 1. The zero-order chi connectivity index (χ0) is 13.3. The minimum Gasteiger partial charge on any atom is -0.378 e. The van der Waals surface area contributed by atoms with Gasteiger partial charge in [0.15, 0.2) is 17.4 Å². The van der Waals surface area contributed by atoms with E-state index in [4.69, 9.17) is 4.74 Å². The molecular formula is C14H16F2O2. The van der Waals surface area contributed by atoms with E-state index in [2.05, 4.69) is 0 Å². The molecule has 4 heteroatoms. The van der Waals surface area contributed by atoms with Crippen molar-refractivity contribution in [2.24, 2.45) is 0 Å². The van der Waals surface area contributed by atoms with Crippen molar-refractivity contribution < 1.29 is 18.3 Å². The summed E-state index contributed by atoms with van der Waals surface area (Å²) >= 11 is 0. The molecule has 98 valence electrons. The molecule has 1 fully saturated rings. The van der Waals surface area contributed by atoms with Crippen molar-refractivity contribution in [3.8, 4) is 0 Å². The highest BCUT2D eigenvalue weighted by molar-refractivity contribution is 5.97. The van der Waals surface area contributed by atoms with E-state index in [9.17, 15) is 13.6 Å². The quantitative estimate of drug-likeness (QED) is 0.770. The summed E-state index contributed by atoms with van der Waals surface area (Å²) in [7, 11) is 1.55. The third-order valence-electron chi connectivity index (χ3n) is 3.76. The van der Waals surface area contributed by atoms with Crippen molar-refractivity contribution in [2.75, 3.05) is 7.11 Å². The lowest BCUT2D eigenvalue weighted by Gasteiger charge is -2.40. The largest absolute Gasteiger partial charge is 0.378 e. The van der Waals surface area contributed by atoms with Gasteiger partial charge in [-0.15, -0.1) is 0 Å². The third kappa shape index (κ3) is 2.17. The molecule has 0 saturated heterocycles. The number of halogens is 2. The Morgan fingerprint density at radius 2 is 2.00 bits per heavy atom. The zero-order valence-electron chi connectivity index (χ0n) is 10.6. The van der Waals surface area contributed by atoms with Gasteiger partial charge in [0.05, 0.1) is 11.2 Å². The first-order chi connectivity index (χ1) is 8.49. The van der Waals surface area contributed by atoms with E-state index in [1.807, 2.05) is 0 Å². The molecule has 2 rings (SSSR count). The second-order valence-corrected chi connectivity index (χ2v) is 4.90. The summed E-state index contributed by atoms with van der Waals surface area (Å²) in [5.41, 5.74) is -0.444. The van der Waals surface area contributed by atoms with E-state index in [1.54, 1.807) is 7.11 Å². The van der Waals surface area contributed by atoms with Gasteiger partial charge >= 0.3 is 0 Å². The molecule has 1 aliphatic rings. The van der Waals surface area contributed by atoms with E-state index in [1.165, 1.54) is 19.1 Å². The molecule has 18 heavy (non-hydrogen) atoms. The molecule has 1 aliphatic carbocycles. The Hall–Kier alpha value is -1.29. The SMILES string of the molecule is COC1(CC(=O)c2ccc(C)c(F)c2F)CCC1. The number of hydrogen-bond donors (Lipinski definition) is 0. The van der Waals surface area contributed by atoms with E-state index in [0.717, 1.165) is 19.3 Å². The molecule has 0 radical (unpaired) electrons. The highest BCUT2D eigenvalue weighted by Crippen LogP contribution is 2.39. The number of Topliss-reactive ketones (excluding diaryl/α,β-unsaturated/α-hetero) is 1. The number of rotatable bonds is 4. The lowest BCUT2D eigenvalue weighted by atomic mass is 9.75. The molecule has 2 nitrogen and oxygen atoms in total. The molecule has 1 aromatic carbocycles. The normalized spacial score (nSPS) is 17.3. The number of ether oxygens (including phenoxy) is 1. The Balaban J connectivity index is 2.22. The number of carbonyl (C=O) groups excluding carboxylic acids is 1. The van der Waals surface area contributed by atoms with Gasteiger partial charge in [-0.1, -0.05) is 6.07 Å². The van der Waals surface area contributed by atoms with Crippen LogP contribution < -0.4 is 0 Å². The standard InChI is InChI=1S/C14H16F2O2/c1-9-4-5-10(13(16)12(9)15)11(17)8-14(18-2)6-3-7-14/h4-5H,3,6-8H2,1-2H3. The van der Waals surface area contributed by atoms with E-state index < -0.39 is 23.0 Å². The minimum absolute atomic E-state index is 0.114. The molecule has 1 saturated carbocycles. The van der Waals surface area contributed by atoms with Crippen LogP contribution in [0.3, 0.4) is 0 Å². The summed E-state index contributed by atoms with van der Waals surface area (Å²) < 4.78 is 32.4. The first-order valence-electron chi connectivity index (χ1n) is 6.02. The van der Waals surface area contributed by atoms with Crippen molar-refractivity contribution >= 4 is 5.78 Å². The molecule has 0 spiro atoms. The lowest BCUT2D eigenvalue weighted by molar-refractivity contribution is -0.0705. The monoisotopic (exact) mass is 254 g/mol. The Morgan fingerprint density at radius 3 is 2.50 bits per heavy atom. The molecular weight excluding hydrogens is 238 g/mol. The zero-order valence-corrected chi connectivity index (χ0v) is 10.6. The molecule has 0 amide bonds. The average molecular weight is 254 g/mol. The molecule has 0 N–H and O–H groups in total. The minimum atomic E-state index is -1.05. The van der Waals surface area contributed by atoms with Crippen LogP contribution in [0.2, 0.25) is 0 Å². The van der Waals surface area contributed by atoms with Gasteiger partial charge in [-0.05, 0) is 37.8 Å². The Morgan fingerprint density at radius 1 is 1.33 bits per heavy atom. The maximum absolute atomic E-state index is 13.7. The molecule has 0 heterocycles. The smallest absolute Gasteiger partial charge is 0.169 e. The summed E-state index contributed by atoms with van der Waals surface area (Å²) in [4.78, 5) is 12.0. The Bertz CT molecular complexity index is 473. The van der Waals surface area contributed by atoms with Crippen LogP contribution in [0.5, 0.6) is 0 Å². The fourth-order valence-corrected chi connectivity index (χ4v) is 2.27. The van der Waals surface area contributed by atoms with Gasteiger partial charge in [0.25, 0.3) is 0 Å². The van der Waals surface area contributed by atoms with E-state index in [0.29, 0.717) is 0 Å². The van der Waals surface area contributed by atoms with Gasteiger partial charge in [-0.25, -0.2) is 8.78 Å². The fourth-order valence-electron chi connectivity index (χ4n) is 2.27. The number of benzene rings is 1. The van der Waals surface area contributed by atoms with Crippen molar-refractivity contribution in [3.05, 3.63) is 34.9 Å². The van der Waals surface area contributed by atoms with Crippen LogP contribution in [-0.4, -0.2) is 18.5 Å². The predicted molar refractivity (Wildman–Crippen MR) is 63.6 cm³/mol. The van der Waals surface area contributed by atoms with Gasteiger partial charge < -0.3 is 4.74 Å². The maximum atomic E-state index is 13.7. The number of ketones is 1. The average Bonchev–Trinajstić information content (AvgIpc) is 2.31. The molecule has 1 aromatic rings. The van der Waals surface area contributed by atoms with Crippen LogP contribution in [0.1, 0.15) is 41.6 Å². The van der Waals surface area contributed by atoms with Crippen LogP contribution in [0, 0.1) is 18.6 Å². The van der Waals surface area contributed by atoms with Crippen molar-refractivity contribution in [3.63, 3.8) is 0 Å². The van der Waals surface area contributed by atoms with Gasteiger partial charge in [0.2, 0.25) is 0 Å². The van der Waals surface area contributed by atoms with E-state index >= 15 is 0 Å². The summed E-state index contributed by atoms with van der Waals surface area (Å²) in [6.45, 7) is 1.47. The van der Waals surface area contributed by atoms with Crippen molar-refractivity contribution in [2.45, 2.75) is 38.2 Å². The van der Waals surface area contributed by atoms with Gasteiger partial charge in [0, 0.05) is 13.5 Å². The maximum Gasteiger partial charge on any atom is 0.169 e. The third-order valence-corrected chi connectivity index (χ3v) is 3.76. The van der Waals surface area contributed by atoms with Crippen LogP contribution >= 0.6 is 0 Å². The van der Waals surface area contributed by atoms with Crippen LogP contribution in [0.25, 0.3) is 0 Å². The van der Waals surface area contributed by atoms with Crippen molar-refractivity contribution in [1.82, 2.24) is 0 Å². The molecule has 0 bridgehead atoms. The highest BCUT2D eigenvalue weighted by atomic mass is 19.2. The summed E-state index contributed by atoms with van der Waals surface area (Å²) in [6, 6.07) is 2.77. The molecule has 0 aliphatic heterocycles. The number of hydrogen-bond acceptors (Lipinski definition) is 2. The second kappa shape index (κ2) is 4.76. The number of aryl methyl sites for hydroxylation is 1. The van der Waals surface area contributed by atoms with E-state index in [-0.39, 0.29) is 17.5 Å².